The van der Waals surface area contributed by atoms with Crippen molar-refractivity contribution in [2.75, 3.05) is 0 Å². The van der Waals surface area contributed by atoms with Crippen LogP contribution in [0.3, 0.4) is 0 Å². The first-order chi connectivity index (χ1) is 6.88. The largest absolute Gasteiger partial charge is 0.449 e. The number of aromatic nitrogens is 3. The third-order valence-electron chi connectivity index (χ3n) is 1.90. The number of hydrogen-bond donors (Lipinski definition) is 2. The Labute approximate surface area is 81.1 Å². The van der Waals surface area contributed by atoms with Crippen LogP contribution in [0, 0.1) is 6.92 Å². The Morgan fingerprint density at radius 2 is 2.00 bits per heavy atom. The average molecular weight is 217 g/mol. The van der Waals surface area contributed by atoms with Crippen molar-refractivity contribution in [3.8, 4) is 0 Å². The maximum Gasteiger partial charge on any atom is 0.449 e. The maximum absolute atomic E-state index is 12.3. The fraction of sp³-hybridized carbons (Fsp3) is 0.250. The zero-order valence-electron chi connectivity index (χ0n) is 7.57. The van der Waals surface area contributed by atoms with Crippen LogP contribution < -0.4 is 5.56 Å². The summed E-state index contributed by atoms with van der Waals surface area (Å²) in [5.41, 5.74) is -0.262. The minimum Gasteiger partial charge on any atom is -0.343 e. The minimum atomic E-state index is -4.65. The summed E-state index contributed by atoms with van der Waals surface area (Å²) in [5, 5.41) is 0.125. The molecule has 0 aliphatic carbocycles. The summed E-state index contributed by atoms with van der Waals surface area (Å²) in [4.78, 5) is 18.8. The number of nitrogens with zero attached hydrogens (tertiary/aromatic N) is 1. The van der Waals surface area contributed by atoms with Crippen LogP contribution in [0.2, 0.25) is 0 Å². The standard InChI is InChI=1S/C8H6F3N3O/c1-3-2-4-5(12-3)13-7(8(9,10)11)14-6(4)15/h2H,1H3,(H2,12,13,14,15). The smallest absolute Gasteiger partial charge is 0.343 e. The van der Waals surface area contributed by atoms with Crippen LogP contribution in [0.15, 0.2) is 10.9 Å². The van der Waals surface area contributed by atoms with E-state index < -0.39 is 17.6 Å². The molecule has 80 valence electrons. The first-order valence-electron chi connectivity index (χ1n) is 4.05. The Morgan fingerprint density at radius 1 is 1.33 bits per heavy atom. The summed E-state index contributed by atoms with van der Waals surface area (Å²) in [6.07, 6.45) is -4.65. The summed E-state index contributed by atoms with van der Waals surface area (Å²) in [6, 6.07) is 1.45. The molecule has 15 heavy (non-hydrogen) atoms. The summed E-state index contributed by atoms with van der Waals surface area (Å²) in [6.45, 7) is 1.63. The molecule has 0 saturated carbocycles. The van der Waals surface area contributed by atoms with E-state index in [4.69, 9.17) is 0 Å². The van der Waals surface area contributed by atoms with Crippen LogP contribution in [-0.2, 0) is 6.18 Å². The van der Waals surface area contributed by atoms with Gasteiger partial charge in [-0.2, -0.15) is 13.2 Å². The molecule has 0 amide bonds. The van der Waals surface area contributed by atoms with Gasteiger partial charge in [0.25, 0.3) is 5.56 Å². The number of aromatic amines is 2. The molecule has 0 unspecified atom stereocenters. The number of nitrogens with one attached hydrogen (secondary N) is 2. The van der Waals surface area contributed by atoms with Crippen LogP contribution >= 0.6 is 0 Å². The van der Waals surface area contributed by atoms with Crippen LogP contribution in [0.25, 0.3) is 11.0 Å². The van der Waals surface area contributed by atoms with Gasteiger partial charge in [0.15, 0.2) is 0 Å². The van der Waals surface area contributed by atoms with Crippen molar-refractivity contribution in [2.45, 2.75) is 13.1 Å². The zero-order chi connectivity index (χ0) is 11.2. The van der Waals surface area contributed by atoms with Gasteiger partial charge in [0.2, 0.25) is 5.82 Å². The summed E-state index contributed by atoms with van der Waals surface area (Å²) in [7, 11) is 0. The van der Waals surface area contributed by atoms with Crippen molar-refractivity contribution in [2.24, 2.45) is 0 Å². The lowest BCUT2D eigenvalue weighted by atomic mass is 10.3. The molecule has 2 rings (SSSR count). The highest BCUT2D eigenvalue weighted by molar-refractivity contribution is 5.75. The minimum absolute atomic E-state index is 0.0522. The molecule has 0 saturated heterocycles. The first-order valence-corrected chi connectivity index (χ1v) is 4.05. The van der Waals surface area contributed by atoms with Crippen LogP contribution in [0.5, 0.6) is 0 Å². The van der Waals surface area contributed by atoms with Gasteiger partial charge in [-0.05, 0) is 13.0 Å². The van der Waals surface area contributed by atoms with Crippen LogP contribution in [-0.4, -0.2) is 15.0 Å². The van der Waals surface area contributed by atoms with Crippen molar-refractivity contribution in [1.82, 2.24) is 15.0 Å². The van der Waals surface area contributed by atoms with Gasteiger partial charge in [-0.25, -0.2) is 4.98 Å². The van der Waals surface area contributed by atoms with E-state index in [1.165, 1.54) is 6.07 Å². The molecule has 0 atom stereocenters. The molecule has 4 nitrogen and oxygen atoms in total. The summed E-state index contributed by atoms with van der Waals surface area (Å²) in [5.74, 6) is -1.29. The van der Waals surface area contributed by atoms with Gasteiger partial charge in [0.1, 0.15) is 5.65 Å². The van der Waals surface area contributed by atoms with Gasteiger partial charge >= 0.3 is 6.18 Å². The molecule has 0 spiro atoms. The fourth-order valence-corrected chi connectivity index (χ4v) is 1.29. The molecule has 7 heteroatoms. The quantitative estimate of drug-likeness (QED) is 0.703. The fourth-order valence-electron chi connectivity index (χ4n) is 1.29. The second-order valence-electron chi connectivity index (χ2n) is 3.13. The van der Waals surface area contributed by atoms with E-state index in [2.05, 4.69) is 9.97 Å². The lowest BCUT2D eigenvalue weighted by Gasteiger charge is -2.03. The second kappa shape index (κ2) is 2.85. The van der Waals surface area contributed by atoms with E-state index in [0.29, 0.717) is 5.69 Å². The third kappa shape index (κ3) is 1.60. The molecule has 0 fully saturated rings. The normalized spacial score (nSPS) is 12.3. The summed E-state index contributed by atoms with van der Waals surface area (Å²) < 4.78 is 36.8. The van der Waals surface area contributed by atoms with E-state index >= 15 is 0 Å². The Bertz CT molecular complexity index is 566. The van der Waals surface area contributed by atoms with Crippen molar-refractivity contribution < 1.29 is 13.2 Å². The maximum atomic E-state index is 12.3. The van der Waals surface area contributed by atoms with E-state index in [1.54, 1.807) is 11.9 Å². The Kier molecular flexibility index (Phi) is 1.85. The average Bonchev–Trinajstić information content (AvgIpc) is 2.44. The second-order valence-corrected chi connectivity index (χ2v) is 3.13. The highest BCUT2D eigenvalue weighted by atomic mass is 19.4. The van der Waals surface area contributed by atoms with Gasteiger partial charge < -0.3 is 9.97 Å². The molecule has 0 aromatic carbocycles. The monoisotopic (exact) mass is 217 g/mol. The number of halogens is 3. The molecule has 2 N–H and O–H groups in total. The van der Waals surface area contributed by atoms with Crippen molar-refractivity contribution >= 4 is 11.0 Å². The molecule has 0 bridgehead atoms. The van der Waals surface area contributed by atoms with Crippen molar-refractivity contribution in [3.63, 3.8) is 0 Å². The highest BCUT2D eigenvalue weighted by Gasteiger charge is 2.34. The van der Waals surface area contributed by atoms with Gasteiger partial charge in [-0.3, -0.25) is 4.79 Å². The van der Waals surface area contributed by atoms with Gasteiger partial charge in [-0.1, -0.05) is 0 Å². The number of H-pyrrole nitrogens is 2. The molecule has 0 aliphatic heterocycles. The number of alkyl halides is 3. The van der Waals surface area contributed by atoms with E-state index in [1.807, 2.05) is 0 Å². The number of hydrogen-bond acceptors (Lipinski definition) is 2. The Morgan fingerprint density at radius 3 is 2.60 bits per heavy atom. The molecule has 2 aromatic rings. The van der Waals surface area contributed by atoms with Gasteiger partial charge in [0.05, 0.1) is 5.39 Å². The molecular weight excluding hydrogens is 211 g/mol. The summed E-state index contributed by atoms with van der Waals surface area (Å²) >= 11 is 0. The third-order valence-corrected chi connectivity index (χ3v) is 1.90. The molecule has 0 radical (unpaired) electrons. The Balaban J connectivity index is 2.78. The predicted molar refractivity (Wildman–Crippen MR) is 46.5 cm³/mol. The molecule has 0 aliphatic rings. The van der Waals surface area contributed by atoms with Crippen molar-refractivity contribution in [3.05, 3.63) is 27.9 Å². The van der Waals surface area contributed by atoms with E-state index in [-0.39, 0.29) is 11.0 Å². The molecule has 2 aromatic heterocycles. The molecular formula is C8H6F3N3O. The van der Waals surface area contributed by atoms with Gasteiger partial charge in [0, 0.05) is 5.69 Å². The predicted octanol–water partition coefficient (Wildman–Crippen LogP) is 1.58. The van der Waals surface area contributed by atoms with Crippen LogP contribution in [0.4, 0.5) is 13.2 Å². The highest BCUT2D eigenvalue weighted by Crippen LogP contribution is 2.25. The lowest BCUT2D eigenvalue weighted by Crippen LogP contribution is -2.18. The molecule has 2 heterocycles. The lowest BCUT2D eigenvalue weighted by molar-refractivity contribution is -0.144. The SMILES string of the molecule is Cc1cc2c(=O)[nH]c(C(F)(F)F)nc2[nH]1. The first kappa shape index (κ1) is 9.75. The number of fused-ring (bicyclic) bond motifs is 1. The Hall–Kier alpha value is -1.79. The van der Waals surface area contributed by atoms with E-state index in [9.17, 15) is 18.0 Å². The van der Waals surface area contributed by atoms with E-state index in [0.717, 1.165) is 0 Å². The van der Waals surface area contributed by atoms with Crippen molar-refractivity contribution in [1.29, 1.82) is 0 Å². The topological polar surface area (TPSA) is 61.5 Å². The zero-order valence-corrected chi connectivity index (χ0v) is 7.57. The van der Waals surface area contributed by atoms with Crippen LogP contribution in [0.1, 0.15) is 11.5 Å². The number of aryl methyl sites for hydroxylation is 1. The van der Waals surface area contributed by atoms with Gasteiger partial charge in [-0.15, -0.1) is 0 Å². The number of rotatable bonds is 0.